The molecule has 2 heterocycles. The topological polar surface area (TPSA) is 42.7 Å². The van der Waals surface area contributed by atoms with Crippen LogP contribution in [0, 0.1) is 0 Å². The Hall–Kier alpha value is -2.36. The standard InChI is InChI=1S/C16H18N4/c1-11(2)12-6-4-5-7-14(12)19-15-13-8-9-20(3)16(13)18-10-17-15/h4-11H,1-3H3,(H,17,18,19). The summed E-state index contributed by atoms with van der Waals surface area (Å²) in [5.41, 5.74) is 3.33. The van der Waals surface area contributed by atoms with Crippen LogP contribution in [0.3, 0.4) is 0 Å². The molecule has 3 aromatic rings. The van der Waals surface area contributed by atoms with Gasteiger partial charge in [-0.25, -0.2) is 9.97 Å². The van der Waals surface area contributed by atoms with E-state index in [0.29, 0.717) is 5.92 Å². The van der Waals surface area contributed by atoms with Crippen molar-refractivity contribution in [2.75, 3.05) is 5.32 Å². The molecule has 0 aliphatic rings. The van der Waals surface area contributed by atoms with Crippen LogP contribution < -0.4 is 5.32 Å². The minimum absolute atomic E-state index is 0.465. The lowest BCUT2D eigenvalue weighted by atomic mass is 10.0. The zero-order valence-corrected chi connectivity index (χ0v) is 12.0. The summed E-state index contributed by atoms with van der Waals surface area (Å²) in [5.74, 6) is 1.32. The Kier molecular flexibility index (Phi) is 3.14. The quantitative estimate of drug-likeness (QED) is 0.783. The largest absolute Gasteiger partial charge is 0.339 e. The van der Waals surface area contributed by atoms with Gasteiger partial charge in [-0.15, -0.1) is 0 Å². The molecule has 0 aliphatic heterocycles. The van der Waals surface area contributed by atoms with Crippen LogP contribution in [0.1, 0.15) is 25.3 Å². The molecule has 0 spiro atoms. The summed E-state index contributed by atoms with van der Waals surface area (Å²) in [5, 5.41) is 4.48. The highest BCUT2D eigenvalue weighted by atomic mass is 15.1. The second kappa shape index (κ2) is 4.96. The Morgan fingerprint density at radius 3 is 2.70 bits per heavy atom. The van der Waals surface area contributed by atoms with Crippen LogP contribution >= 0.6 is 0 Å². The SMILES string of the molecule is CC(C)c1ccccc1Nc1ncnc2c1ccn2C. The van der Waals surface area contributed by atoms with E-state index in [9.17, 15) is 0 Å². The van der Waals surface area contributed by atoms with E-state index < -0.39 is 0 Å². The highest BCUT2D eigenvalue weighted by Crippen LogP contribution is 2.28. The average molecular weight is 266 g/mol. The first-order valence-corrected chi connectivity index (χ1v) is 6.79. The Morgan fingerprint density at radius 1 is 1.10 bits per heavy atom. The molecule has 0 bridgehead atoms. The van der Waals surface area contributed by atoms with E-state index in [0.717, 1.165) is 22.5 Å². The Morgan fingerprint density at radius 2 is 1.90 bits per heavy atom. The highest BCUT2D eigenvalue weighted by molar-refractivity contribution is 5.89. The van der Waals surface area contributed by atoms with Gasteiger partial charge in [-0.1, -0.05) is 32.0 Å². The van der Waals surface area contributed by atoms with Crippen LogP contribution in [0.5, 0.6) is 0 Å². The molecular weight excluding hydrogens is 248 g/mol. The van der Waals surface area contributed by atoms with Gasteiger partial charge in [0.25, 0.3) is 0 Å². The van der Waals surface area contributed by atoms with Gasteiger partial charge in [-0.2, -0.15) is 0 Å². The Bertz CT molecular complexity index is 743. The normalized spacial score (nSPS) is 11.2. The molecule has 1 N–H and O–H groups in total. The highest BCUT2D eigenvalue weighted by Gasteiger charge is 2.10. The maximum absolute atomic E-state index is 4.38. The molecule has 4 nitrogen and oxygen atoms in total. The number of benzene rings is 1. The molecule has 102 valence electrons. The minimum atomic E-state index is 0.465. The van der Waals surface area contributed by atoms with E-state index >= 15 is 0 Å². The third kappa shape index (κ3) is 2.13. The zero-order chi connectivity index (χ0) is 14.1. The third-order valence-corrected chi connectivity index (χ3v) is 3.50. The van der Waals surface area contributed by atoms with Gasteiger partial charge in [0.05, 0.1) is 5.39 Å². The lowest BCUT2D eigenvalue weighted by molar-refractivity contribution is 0.869. The molecule has 0 fully saturated rings. The summed E-state index contributed by atoms with van der Waals surface area (Å²) in [6.07, 6.45) is 3.60. The van der Waals surface area contributed by atoms with Crippen LogP contribution in [0.4, 0.5) is 11.5 Å². The number of nitrogens with one attached hydrogen (secondary N) is 1. The molecule has 0 aliphatic carbocycles. The molecule has 0 radical (unpaired) electrons. The second-order valence-corrected chi connectivity index (χ2v) is 5.25. The van der Waals surface area contributed by atoms with Crippen molar-refractivity contribution in [1.29, 1.82) is 0 Å². The predicted molar refractivity (Wildman–Crippen MR) is 82.3 cm³/mol. The van der Waals surface area contributed by atoms with Crippen LogP contribution in [-0.4, -0.2) is 14.5 Å². The van der Waals surface area contributed by atoms with Crippen molar-refractivity contribution in [2.24, 2.45) is 7.05 Å². The van der Waals surface area contributed by atoms with Crippen LogP contribution in [0.2, 0.25) is 0 Å². The van der Waals surface area contributed by atoms with Gasteiger partial charge >= 0.3 is 0 Å². The first kappa shape index (κ1) is 12.7. The number of hydrogen-bond donors (Lipinski definition) is 1. The molecule has 0 amide bonds. The van der Waals surface area contributed by atoms with E-state index in [1.165, 1.54) is 5.56 Å². The lowest BCUT2D eigenvalue weighted by Gasteiger charge is -2.14. The van der Waals surface area contributed by atoms with Gasteiger partial charge in [0.1, 0.15) is 17.8 Å². The van der Waals surface area contributed by atoms with Crippen molar-refractivity contribution >= 4 is 22.5 Å². The van der Waals surface area contributed by atoms with E-state index in [-0.39, 0.29) is 0 Å². The number of para-hydroxylation sites is 1. The third-order valence-electron chi connectivity index (χ3n) is 3.50. The summed E-state index contributed by atoms with van der Waals surface area (Å²) < 4.78 is 2.00. The number of aryl methyl sites for hydroxylation is 1. The van der Waals surface area contributed by atoms with Crippen molar-refractivity contribution < 1.29 is 0 Å². The number of rotatable bonds is 3. The number of hydrogen-bond acceptors (Lipinski definition) is 3. The van der Waals surface area contributed by atoms with Gasteiger partial charge < -0.3 is 9.88 Å². The maximum Gasteiger partial charge on any atom is 0.145 e. The van der Waals surface area contributed by atoms with Crippen molar-refractivity contribution in [3.63, 3.8) is 0 Å². The Balaban J connectivity index is 2.06. The van der Waals surface area contributed by atoms with Crippen molar-refractivity contribution in [3.05, 3.63) is 48.4 Å². The van der Waals surface area contributed by atoms with Crippen LogP contribution in [0.15, 0.2) is 42.9 Å². The second-order valence-electron chi connectivity index (χ2n) is 5.25. The fourth-order valence-electron chi connectivity index (χ4n) is 2.42. The molecule has 20 heavy (non-hydrogen) atoms. The van der Waals surface area contributed by atoms with Gasteiger partial charge in [0, 0.05) is 18.9 Å². The average Bonchev–Trinajstić information content (AvgIpc) is 2.82. The number of aromatic nitrogens is 3. The lowest BCUT2D eigenvalue weighted by Crippen LogP contribution is -2.00. The van der Waals surface area contributed by atoms with Gasteiger partial charge in [-0.3, -0.25) is 0 Å². The molecule has 1 aromatic carbocycles. The summed E-state index contributed by atoms with van der Waals surface area (Å²) in [7, 11) is 1.99. The van der Waals surface area contributed by atoms with Gasteiger partial charge in [0.15, 0.2) is 0 Å². The first-order chi connectivity index (χ1) is 9.66. The summed E-state index contributed by atoms with van der Waals surface area (Å²) in [6, 6.07) is 10.4. The predicted octanol–water partition coefficient (Wildman–Crippen LogP) is 3.84. The van der Waals surface area contributed by atoms with E-state index in [1.807, 2.05) is 29.9 Å². The van der Waals surface area contributed by atoms with Crippen LogP contribution in [-0.2, 0) is 7.05 Å². The number of anilines is 2. The van der Waals surface area contributed by atoms with Crippen molar-refractivity contribution in [1.82, 2.24) is 14.5 Å². The van der Waals surface area contributed by atoms with E-state index in [4.69, 9.17) is 0 Å². The fourth-order valence-corrected chi connectivity index (χ4v) is 2.42. The molecule has 0 saturated carbocycles. The first-order valence-electron chi connectivity index (χ1n) is 6.79. The number of nitrogens with zero attached hydrogens (tertiary/aromatic N) is 3. The Labute approximate surface area is 118 Å². The smallest absolute Gasteiger partial charge is 0.145 e. The molecule has 0 atom stereocenters. The minimum Gasteiger partial charge on any atom is -0.339 e. The monoisotopic (exact) mass is 266 g/mol. The van der Waals surface area contributed by atoms with Gasteiger partial charge in [-0.05, 0) is 23.6 Å². The van der Waals surface area contributed by atoms with E-state index in [1.54, 1.807) is 6.33 Å². The summed E-state index contributed by atoms with van der Waals surface area (Å²) in [6.45, 7) is 4.39. The van der Waals surface area contributed by atoms with Crippen LogP contribution in [0.25, 0.3) is 11.0 Å². The van der Waals surface area contributed by atoms with Crippen molar-refractivity contribution in [2.45, 2.75) is 19.8 Å². The molecule has 0 saturated heterocycles. The molecular formula is C16H18N4. The van der Waals surface area contributed by atoms with Gasteiger partial charge in [0.2, 0.25) is 0 Å². The number of fused-ring (bicyclic) bond motifs is 1. The zero-order valence-electron chi connectivity index (χ0n) is 12.0. The van der Waals surface area contributed by atoms with E-state index in [2.05, 4.69) is 47.3 Å². The summed E-state index contributed by atoms with van der Waals surface area (Å²) >= 11 is 0. The van der Waals surface area contributed by atoms with Crippen molar-refractivity contribution in [3.8, 4) is 0 Å². The maximum atomic E-state index is 4.38. The molecule has 4 heteroatoms. The fraction of sp³-hybridized carbons (Fsp3) is 0.250. The summed E-state index contributed by atoms with van der Waals surface area (Å²) in [4.78, 5) is 8.69. The molecule has 0 unspecified atom stereocenters. The molecule has 3 rings (SSSR count). The molecule has 2 aromatic heterocycles.